The van der Waals surface area contributed by atoms with E-state index in [0.717, 1.165) is 17.8 Å². The Morgan fingerprint density at radius 2 is 1.76 bits per heavy atom. The molecule has 1 saturated carbocycles. The molecular formula is C20H33N. The maximum absolute atomic E-state index is 3.68. The summed E-state index contributed by atoms with van der Waals surface area (Å²) in [5.74, 6) is 2.47. The van der Waals surface area contributed by atoms with Crippen LogP contribution < -0.4 is 5.32 Å². The lowest BCUT2D eigenvalue weighted by Gasteiger charge is -2.37. The summed E-state index contributed by atoms with van der Waals surface area (Å²) in [7, 11) is 0. The molecule has 3 atom stereocenters. The lowest BCUT2D eigenvalue weighted by Crippen LogP contribution is -2.35. The molecular weight excluding hydrogens is 254 g/mol. The van der Waals surface area contributed by atoms with E-state index in [9.17, 15) is 0 Å². The number of rotatable bonds is 5. The first-order valence-electron chi connectivity index (χ1n) is 8.81. The molecule has 0 heterocycles. The molecule has 1 aliphatic carbocycles. The van der Waals surface area contributed by atoms with Gasteiger partial charge in [-0.3, -0.25) is 0 Å². The smallest absolute Gasteiger partial charge is 0.00104 e. The molecule has 118 valence electrons. The van der Waals surface area contributed by atoms with E-state index in [4.69, 9.17) is 0 Å². The summed E-state index contributed by atoms with van der Waals surface area (Å²) in [6.07, 6.45) is 5.52. The Labute approximate surface area is 131 Å². The second kappa shape index (κ2) is 7.45. The Morgan fingerprint density at radius 3 is 2.33 bits per heavy atom. The minimum atomic E-state index is 0.591. The van der Waals surface area contributed by atoms with Crippen molar-refractivity contribution in [3.8, 4) is 0 Å². The summed E-state index contributed by atoms with van der Waals surface area (Å²) in [4.78, 5) is 0. The van der Waals surface area contributed by atoms with E-state index >= 15 is 0 Å². The molecule has 0 amide bonds. The van der Waals surface area contributed by atoms with Crippen LogP contribution in [0.25, 0.3) is 0 Å². The van der Waals surface area contributed by atoms with Gasteiger partial charge in [0.1, 0.15) is 0 Å². The van der Waals surface area contributed by atoms with E-state index in [-0.39, 0.29) is 0 Å². The molecule has 0 bridgehead atoms. The monoisotopic (exact) mass is 287 g/mol. The summed E-state index contributed by atoms with van der Waals surface area (Å²) in [5, 5.41) is 3.68. The molecule has 0 saturated heterocycles. The number of hydrogen-bond donors (Lipinski definition) is 1. The molecule has 1 aliphatic rings. The lowest BCUT2D eigenvalue weighted by molar-refractivity contribution is 0.222. The maximum atomic E-state index is 3.68. The van der Waals surface area contributed by atoms with Gasteiger partial charge in [-0.05, 0) is 56.6 Å². The fraction of sp³-hybridized carbons (Fsp3) is 0.700. The van der Waals surface area contributed by atoms with Gasteiger partial charge < -0.3 is 5.32 Å². The summed E-state index contributed by atoms with van der Waals surface area (Å²) in [6.45, 7) is 12.5. The molecule has 21 heavy (non-hydrogen) atoms. The van der Waals surface area contributed by atoms with Crippen molar-refractivity contribution in [1.82, 2.24) is 5.32 Å². The van der Waals surface area contributed by atoms with Crippen molar-refractivity contribution in [3.63, 3.8) is 0 Å². The molecule has 1 heteroatoms. The number of nitrogens with one attached hydrogen (secondary N) is 1. The Hall–Kier alpha value is -0.820. The van der Waals surface area contributed by atoms with Crippen LogP contribution >= 0.6 is 0 Å². The van der Waals surface area contributed by atoms with Gasteiger partial charge in [0.25, 0.3) is 0 Å². The van der Waals surface area contributed by atoms with Crippen molar-refractivity contribution in [2.45, 2.75) is 72.3 Å². The van der Waals surface area contributed by atoms with Crippen LogP contribution in [0.4, 0.5) is 0 Å². The highest BCUT2D eigenvalue weighted by Gasteiger charge is 2.30. The van der Waals surface area contributed by atoms with Crippen LogP contribution in [0.15, 0.2) is 18.2 Å². The van der Waals surface area contributed by atoms with Crippen molar-refractivity contribution < 1.29 is 0 Å². The van der Waals surface area contributed by atoms with Crippen LogP contribution in [-0.2, 0) is 0 Å². The zero-order valence-corrected chi connectivity index (χ0v) is 14.6. The molecule has 1 N–H and O–H groups in total. The molecule has 1 fully saturated rings. The summed E-state index contributed by atoms with van der Waals surface area (Å²) >= 11 is 0. The minimum Gasteiger partial charge on any atom is -0.314 e. The topological polar surface area (TPSA) is 12.0 Å². The van der Waals surface area contributed by atoms with Crippen LogP contribution in [0.2, 0.25) is 0 Å². The normalized spacial score (nSPS) is 26.3. The first-order chi connectivity index (χ1) is 9.99. The van der Waals surface area contributed by atoms with Crippen molar-refractivity contribution in [2.75, 3.05) is 6.54 Å². The highest BCUT2D eigenvalue weighted by Crippen LogP contribution is 2.42. The standard InChI is InChI=1S/C20H33N/c1-6-17-7-8-18(13-21-14(2)3)20(12-17)19-10-15(4)9-16(5)11-19/h9-11,14,17-18,20-21H,6-8,12-13H2,1-5H3. The first kappa shape index (κ1) is 16.5. The molecule has 0 radical (unpaired) electrons. The van der Waals surface area contributed by atoms with Gasteiger partial charge in [-0.25, -0.2) is 0 Å². The highest BCUT2D eigenvalue weighted by molar-refractivity contribution is 5.31. The lowest BCUT2D eigenvalue weighted by atomic mass is 9.70. The fourth-order valence-electron chi connectivity index (χ4n) is 3.95. The molecule has 3 unspecified atom stereocenters. The molecule has 1 aromatic carbocycles. The predicted octanol–water partition coefficient (Wildman–Crippen LogP) is 5.21. The van der Waals surface area contributed by atoms with Gasteiger partial charge in [0.05, 0.1) is 0 Å². The third-order valence-electron chi connectivity index (χ3n) is 5.14. The molecule has 0 aliphatic heterocycles. The van der Waals surface area contributed by atoms with Crippen molar-refractivity contribution >= 4 is 0 Å². The van der Waals surface area contributed by atoms with E-state index < -0.39 is 0 Å². The van der Waals surface area contributed by atoms with Crippen LogP contribution in [0.3, 0.4) is 0 Å². The second-order valence-electron chi connectivity index (χ2n) is 7.44. The number of benzene rings is 1. The van der Waals surface area contributed by atoms with Crippen molar-refractivity contribution in [3.05, 3.63) is 34.9 Å². The molecule has 1 nitrogen and oxygen atoms in total. The van der Waals surface area contributed by atoms with Gasteiger partial charge >= 0.3 is 0 Å². The van der Waals surface area contributed by atoms with Crippen molar-refractivity contribution in [2.24, 2.45) is 11.8 Å². The second-order valence-corrected chi connectivity index (χ2v) is 7.44. The van der Waals surface area contributed by atoms with Crippen LogP contribution in [0.5, 0.6) is 0 Å². The summed E-state index contributed by atoms with van der Waals surface area (Å²) < 4.78 is 0. The van der Waals surface area contributed by atoms with Gasteiger partial charge in [0.15, 0.2) is 0 Å². The summed E-state index contributed by atoms with van der Waals surface area (Å²) in [6, 6.07) is 7.75. The fourth-order valence-corrected chi connectivity index (χ4v) is 3.95. The zero-order chi connectivity index (χ0) is 15.4. The maximum Gasteiger partial charge on any atom is 0.00104 e. The first-order valence-corrected chi connectivity index (χ1v) is 8.81. The third-order valence-corrected chi connectivity index (χ3v) is 5.14. The Balaban J connectivity index is 2.19. The zero-order valence-electron chi connectivity index (χ0n) is 14.6. The average molecular weight is 287 g/mol. The average Bonchev–Trinajstić information content (AvgIpc) is 2.43. The van der Waals surface area contributed by atoms with Gasteiger partial charge in [0.2, 0.25) is 0 Å². The van der Waals surface area contributed by atoms with Gasteiger partial charge in [-0.2, -0.15) is 0 Å². The predicted molar refractivity (Wildman–Crippen MR) is 92.9 cm³/mol. The quantitative estimate of drug-likeness (QED) is 0.783. The van der Waals surface area contributed by atoms with Crippen LogP contribution in [0.1, 0.15) is 69.1 Å². The number of hydrogen-bond acceptors (Lipinski definition) is 1. The summed E-state index contributed by atoms with van der Waals surface area (Å²) in [5.41, 5.74) is 4.42. The largest absolute Gasteiger partial charge is 0.314 e. The highest BCUT2D eigenvalue weighted by atomic mass is 14.9. The van der Waals surface area contributed by atoms with E-state index in [2.05, 4.69) is 58.1 Å². The SMILES string of the molecule is CCC1CCC(CNC(C)C)C(c2cc(C)cc(C)c2)C1. The minimum absolute atomic E-state index is 0.591. The Bertz CT molecular complexity index is 429. The molecule has 0 aromatic heterocycles. The molecule has 0 spiro atoms. The van der Waals surface area contributed by atoms with E-state index in [1.165, 1.54) is 43.4 Å². The van der Waals surface area contributed by atoms with Crippen molar-refractivity contribution in [1.29, 1.82) is 0 Å². The Morgan fingerprint density at radius 1 is 1.10 bits per heavy atom. The Kier molecular flexibility index (Phi) is 5.87. The van der Waals surface area contributed by atoms with Gasteiger partial charge in [-0.1, -0.05) is 62.9 Å². The number of aryl methyl sites for hydroxylation is 2. The van der Waals surface area contributed by atoms with Crippen LogP contribution in [0, 0.1) is 25.7 Å². The van der Waals surface area contributed by atoms with E-state index in [1.807, 2.05) is 0 Å². The molecule has 1 aromatic rings. The van der Waals surface area contributed by atoms with E-state index in [1.54, 1.807) is 5.56 Å². The van der Waals surface area contributed by atoms with Crippen LogP contribution in [-0.4, -0.2) is 12.6 Å². The van der Waals surface area contributed by atoms with Gasteiger partial charge in [0, 0.05) is 6.04 Å². The van der Waals surface area contributed by atoms with E-state index in [0.29, 0.717) is 6.04 Å². The third kappa shape index (κ3) is 4.57. The molecule has 2 rings (SSSR count). The van der Waals surface area contributed by atoms with Gasteiger partial charge in [-0.15, -0.1) is 0 Å².